The highest BCUT2D eigenvalue weighted by atomic mass is 32.1. The van der Waals surface area contributed by atoms with E-state index in [1.165, 1.54) is 108 Å². The molecule has 0 amide bonds. The van der Waals surface area contributed by atoms with Crippen molar-refractivity contribution >= 4 is 53.1 Å². The van der Waals surface area contributed by atoms with Crippen LogP contribution >= 0.6 is 11.3 Å². The van der Waals surface area contributed by atoms with E-state index in [0.717, 1.165) is 5.56 Å². The Hall–Kier alpha value is -6.35. The van der Waals surface area contributed by atoms with Gasteiger partial charge in [-0.1, -0.05) is 153 Å². The average molecular weight is 720 g/mol. The van der Waals surface area contributed by atoms with Gasteiger partial charge in [-0.3, -0.25) is 4.98 Å². The quantitative estimate of drug-likeness (QED) is 0.165. The van der Waals surface area contributed by atoms with Gasteiger partial charge in [-0.2, -0.15) is 0 Å². The number of rotatable bonds is 4. The van der Waals surface area contributed by atoms with Gasteiger partial charge in [0.1, 0.15) is 0 Å². The van der Waals surface area contributed by atoms with Crippen molar-refractivity contribution in [1.29, 1.82) is 0 Å². The molecule has 1 aliphatic carbocycles. The van der Waals surface area contributed by atoms with E-state index < -0.39 is 0 Å². The van der Waals surface area contributed by atoms with Crippen LogP contribution in [0.5, 0.6) is 0 Å². The van der Waals surface area contributed by atoms with Crippen molar-refractivity contribution in [3.8, 4) is 55.6 Å². The Kier molecular flexibility index (Phi) is 7.05. The van der Waals surface area contributed by atoms with Crippen molar-refractivity contribution < 1.29 is 0 Å². The molecule has 8 aromatic carbocycles. The van der Waals surface area contributed by atoms with Crippen molar-refractivity contribution in [2.24, 2.45) is 0 Å². The van der Waals surface area contributed by atoms with Crippen LogP contribution < -0.4 is 0 Å². The van der Waals surface area contributed by atoms with Crippen molar-refractivity contribution in [1.82, 2.24) is 4.98 Å². The molecular weight excluding hydrogens is 683 g/mol. The monoisotopic (exact) mass is 719 g/mol. The fourth-order valence-corrected chi connectivity index (χ4v) is 10.8. The zero-order valence-electron chi connectivity index (χ0n) is 31.0. The first-order valence-electron chi connectivity index (χ1n) is 19.1. The van der Waals surface area contributed by atoms with Crippen molar-refractivity contribution in [2.75, 3.05) is 0 Å². The fourth-order valence-electron chi connectivity index (χ4n) is 9.41. The molecule has 0 spiro atoms. The minimum absolute atomic E-state index is 0.150. The Morgan fingerprint density at radius 1 is 0.455 bits per heavy atom. The molecule has 0 fully saturated rings. The molecule has 0 atom stereocenters. The van der Waals surface area contributed by atoms with E-state index in [-0.39, 0.29) is 5.41 Å². The summed E-state index contributed by atoms with van der Waals surface area (Å²) < 4.78 is 2.72. The average Bonchev–Trinajstić information content (AvgIpc) is 3.72. The van der Waals surface area contributed by atoms with Gasteiger partial charge in [0, 0.05) is 49.1 Å². The van der Waals surface area contributed by atoms with Crippen LogP contribution in [0.2, 0.25) is 0 Å². The normalized spacial score (nSPS) is 13.1. The van der Waals surface area contributed by atoms with Gasteiger partial charge in [-0.15, -0.1) is 11.3 Å². The minimum Gasteiger partial charge on any atom is -0.264 e. The highest BCUT2D eigenvalue weighted by molar-refractivity contribution is 7.26. The summed E-state index contributed by atoms with van der Waals surface area (Å²) in [4.78, 5) is 4.38. The van der Waals surface area contributed by atoms with Gasteiger partial charge >= 0.3 is 0 Å². The van der Waals surface area contributed by atoms with E-state index in [1.807, 2.05) is 29.8 Å². The standard InChI is InChI=1S/C53H37NS/c1-32-28-46-51(52-48(32)44-26-23-36(30-47(44)55-52)38-14-11-27-54-31-38)43-25-24-37(29-45(43)53(46,2)3)50-41-17-9-7-15-39(41)49(40-16-8-10-18-42(40)50)35-21-19-34(20-22-35)33-12-5-4-6-13-33/h4-31H,1-3H3. The first-order chi connectivity index (χ1) is 27.0. The lowest BCUT2D eigenvalue weighted by molar-refractivity contribution is 0.660. The summed E-state index contributed by atoms with van der Waals surface area (Å²) >= 11 is 1.94. The maximum atomic E-state index is 4.38. The Labute approximate surface area is 325 Å². The van der Waals surface area contributed by atoms with E-state index in [9.17, 15) is 0 Å². The Bertz CT molecular complexity index is 3090. The highest BCUT2D eigenvalue weighted by Gasteiger charge is 2.38. The molecule has 55 heavy (non-hydrogen) atoms. The van der Waals surface area contributed by atoms with Crippen LogP contribution in [0.3, 0.4) is 0 Å². The van der Waals surface area contributed by atoms with Crippen LogP contribution in [0.1, 0.15) is 30.5 Å². The molecule has 0 saturated heterocycles. The summed E-state index contributed by atoms with van der Waals surface area (Å²) in [5.74, 6) is 0. The van der Waals surface area contributed by atoms with Crippen LogP contribution in [0.25, 0.3) is 97.4 Å². The van der Waals surface area contributed by atoms with Gasteiger partial charge in [0.05, 0.1) is 0 Å². The van der Waals surface area contributed by atoms with Crippen LogP contribution in [0.4, 0.5) is 0 Å². The summed E-state index contributed by atoms with van der Waals surface area (Å²) in [7, 11) is 0. The van der Waals surface area contributed by atoms with Gasteiger partial charge < -0.3 is 0 Å². The smallest absolute Gasteiger partial charge is 0.0439 e. The third-order valence-electron chi connectivity index (χ3n) is 12.1. The van der Waals surface area contributed by atoms with Gasteiger partial charge in [-0.05, 0) is 108 Å². The van der Waals surface area contributed by atoms with E-state index >= 15 is 0 Å². The number of pyridine rings is 1. The molecule has 1 nitrogen and oxygen atoms in total. The lowest BCUT2D eigenvalue weighted by atomic mass is 9.80. The highest BCUT2D eigenvalue weighted by Crippen LogP contribution is 2.56. The molecule has 2 aromatic heterocycles. The molecule has 1 aliphatic rings. The molecule has 10 aromatic rings. The molecule has 11 rings (SSSR count). The lowest BCUT2D eigenvalue weighted by Crippen LogP contribution is -2.15. The number of hydrogen-bond donors (Lipinski definition) is 0. The lowest BCUT2D eigenvalue weighted by Gasteiger charge is -2.23. The number of hydrogen-bond acceptors (Lipinski definition) is 2. The number of nitrogens with zero attached hydrogens (tertiary/aromatic N) is 1. The molecular formula is C53H37NS. The minimum atomic E-state index is -0.150. The summed E-state index contributed by atoms with van der Waals surface area (Å²) in [6.07, 6.45) is 3.79. The summed E-state index contributed by atoms with van der Waals surface area (Å²) in [6, 6.07) is 58.6. The molecule has 0 radical (unpaired) electrons. The zero-order chi connectivity index (χ0) is 36.8. The maximum absolute atomic E-state index is 4.38. The number of aryl methyl sites for hydroxylation is 1. The van der Waals surface area contributed by atoms with Crippen LogP contribution in [0.15, 0.2) is 170 Å². The Balaban J connectivity index is 1.10. The summed E-state index contributed by atoms with van der Waals surface area (Å²) in [5, 5.41) is 7.84. The molecule has 2 heteroatoms. The topological polar surface area (TPSA) is 12.9 Å². The predicted molar refractivity (Wildman–Crippen MR) is 236 cm³/mol. The summed E-state index contributed by atoms with van der Waals surface area (Å²) in [6.45, 7) is 7.13. The number of thiophene rings is 1. The zero-order valence-corrected chi connectivity index (χ0v) is 31.8. The number of benzene rings is 8. The van der Waals surface area contributed by atoms with Gasteiger partial charge in [0.2, 0.25) is 0 Å². The number of fused-ring (bicyclic) bond motifs is 9. The van der Waals surface area contributed by atoms with E-state index in [4.69, 9.17) is 0 Å². The van der Waals surface area contributed by atoms with Gasteiger partial charge in [-0.25, -0.2) is 0 Å². The third kappa shape index (κ3) is 4.81. The molecule has 0 bridgehead atoms. The predicted octanol–water partition coefficient (Wildman–Crippen LogP) is 15.0. The Morgan fingerprint density at radius 2 is 1.04 bits per heavy atom. The molecule has 260 valence electrons. The molecule has 0 N–H and O–H groups in total. The molecule has 0 unspecified atom stereocenters. The molecule has 0 saturated carbocycles. The van der Waals surface area contributed by atoms with Crippen LogP contribution in [-0.4, -0.2) is 4.98 Å². The van der Waals surface area contributed by atoms with E-state index in [0.29, 0.717) is 0 Å². The second-order valence-corrected chi connectivity index (χ2v) is 16.6. The first kappa shape index (κ1) is 32.1. The maximum Gasteiger partial charge on any atom is 0.0439 e. The second kappa shape index (κ2) is 12.1. The fraction of sp³-hybridized carbons (Fsp3) is 0.0755. The van der Waals surface area contributed by atoms with Gasteiger partial charge in [0.25, 0.3) is 0 Å². The Morgan fingerprint density at radius 3 is 1.71 bits per heavy atom. The number of aromatic nitrogens is 1. The summed E-state index contributed by atoms with van der Waals surface area (Å²) in [5.41, 5.74) is 16.7. The van der Waals surface area contributed by atoms with Crippen molar-refractivity contribution in [2.45, 2.75) is 26.2 Å². The first-order valence-corrected chi connectivity index (χ1v) is 19.9. The molecule has 0 aliphatic heterocycles. The second-order valence-electron chi connectivity index (χ2n) is 15.5. The third-order valence-corrected chi connectivity index (χ3v) is 13.2. The van der Waals surface area contributed by atoms with E-state index in [1.54, 1.807) is 0 Å². The van der Waals surface area contributed by atoms with Crippen molar-refractivity contribution in [3.63, 3.8) is 0 Å². The van der Waals surface area contributed by atoms with Crippen LogP contribution in [-0.2, 0) is 5.41 Å². The van der Waals surface area contributed by atoms with Crippen LogP contribution in [0, 0.1) is 6.92 Å². The van der Waals surface area contributed by atoms with E-state index in [2.05, 4.69) is 177 Å². The molecule has 2 heterocycles. The largest absolute Gasteiger partial charge is 0.264 e. The van der Waals surface area contributed by atoms with Gasteiger partial charge in [0.15, 0.2) is 0 Å². The SMILES string of the molecule is Cc1cc2c(c3sc4cc(-c5cccnc5)ccc4c13)-c1ccc(-c3c4ccccc4c(-c4ccc(-c5ccccc5)cc4)c4ccccc34)cc1C2(C)C. The van der Waals surface area contributed by atoms with Crippen molar-refractivity contribution in [3.05, 3.63) is 187 Å².